The van der Waals surface area contributed by atoms with Crippen molar-refractivity contribution in [3.05, 3.63) is 0 Å². The van der Waals surface area contributed by atoms with Gasteiger partial charge in [0, 0.05) is 0 Å². The van der Waals surface area contributed by atoms with E-state index < -0.39 is 24.8 Å². The van der Waals surface area contributed by atoms with Crippen LogP contribution < -0.4 is 0 Å². The van der Waals surface area contributed by atoms with Gasteiger partial charge >= 0.3 is 12.0 Å². The molecule has 1 heterocycles. The minimum Gasteiger partial charge on any atom is -0.324 e. The number of ether oxygens (including phenoxy) is 1. The zero-order valence-corrected chi connectivity index (χ0v) is 4.58. The summed E-state index contributed by atoms with van der Waals surface area (Å²) in [4.78, 5) is 0. The summed E-state index contributed by atoms with van der Waals surface area (Å²) in [5, 5.41) is 0. The number of halogens is 5. The lowest BCUT2D eigenvalue weighted by atomic mass is 10.3. The molecule has 6 heteroatoms. The van der Waals surface area contributed by atoms with Gasteiger partial charge in [0.1, 0.15) is 6.67 Å². The van der Waals surface area contributed by atoms with Crippen LogP contribution in [0.2, 0.25) is 0 Å². The maximum absolute atomic E-state index is 12.1. The van der Waals surface area contributed by atoms with Crippen molar-refractivity contribution >= 4 is 0 Å². The maximum atomic E-state index is 12.1. The van der Waals surface area contributed by atoms with Gasteiger partial charge in [0.15, 0.2) is 6.10 Å². The van der Waals surface area contributed by atoms with Gasteiger partial charge < -0.3 is 4.74 Å². The van der Waals surface area contributed by atoms with Gasteiger partial charge in [-0.25, -0.2) is 4.39 Å². The topological polar surface area (TPSA) is 12.5 Å². The fourth-order valence-electron chi connectivity index (χ4n) is 0.553. The Hall–Kier alpha value is -0.390. The highest BCUT2D eigenvalue weighted by atomic mass is 19.4. The first-order valence-electron chi connectivity index (χ1n) is 2.41. The minimum atomic E-state index is -5.11. The highest BCUT2D eigenvalue weighted by Gasteiger charge is 2.75. The lowest BCUT2D eigenvalue weighted by Crippen LogP contribution is -2.30. The van der Waals surface area contributed by atoms with Crippen molar-refractivity contribution < 1.29 is 26.7 Å². The molecule has 0 aromatic heterocycles. The average molecular weight is 162 g/mol. The summed E-state index contributed by atoms with van der Waals surface area (Å²) >= 11 is 0. The van der Waals surface area contributed by atoms with E-state index in [1.165, 1.54) is 0 Å². The number of rotatable bonds is 1. The van der Waals surface area contributed by atoms with Gasteiger partial charge in [-0.15, -0.1) is 0 Å². The summed E-state index contributed by atoms with van der Waals surface area (Å²) in [7, 11) is 0. The highest BCUT2D eigenvalue weighted by Crippen LogP contribution is 2.50. The van der Waals surface area contributed by atoms with Crippen molar-refractivity contribution in [3.63, 3.8) is 0 Å². The fraction of sp³-hybridized carbons (Fsp3) is 1.00. The van der Waals surface area contributed by atoms with Gasteiger partial charge in [-0.2, -0.15) is 17.6 Å². The predicted molar refractivity (Wildman–Crippen MR) is 20.7 cm³/mol. The van der Waals surface area contributed by atoms with Crippen molar-refractivity contribution in [2.75, 3.05) is 6.67 Å². The molecule has 0 aromatic carbocycles. The summed E-state index contributed by atoms with van der Waals surface area (Å²) < 4.78 is 61.1. The molecule has 1 aliphatic heterocycles. The zero-order chi connectivity index (χ0) is 7.99. The van der Waals surface area contributed by atoms with Crippen LogP contribution in [0.25, 0.3) is 0 Å². The van der Waals surface area contributed by atoms with Crippen LogP contribution in [0.15, 0.2) is 0 Å². The SMILES string of the molecule is FCC1OC1(F)C(F)(F)F. The molecule has 0 aliphatic carbocycles. The van der Waals surface area contributed by atoms with Crippen molar-refractivity contribution in [3.8, 4) is 0 Å². The fourth-order valence-corrected chi connectivity index (χ4v) is 0.553. The van der Waals surface area contributed by atoms with Crippen molar-refractivity contribution in [1.29, 1.82) is 0 Å². The first-order valence-corrected chi connectivity index (χ1v) is 2.41. The third-order valence-corrected chi connectivity index (χ3v) is 1.20. The third-order valence-electron chi connectivity index (χ3n) is 1.20. The Morgan fingerprint density at radius 1 is 1.40 bits per heavy atom. The summed E-state index contributed by atoms with van der Waals surface area (Å²) in [6.07, 6.45) is -7.06. The molecule has 1 nitrogen and oxygen atoms in total. The molecule has 0 radical (unpaired) electrons. The Kier molecular flexibility index (Phi) is 1.39. The van der Waals surface area contributed by atoms with Gasteiger partial charge in [-0.1, -0.05) is 0 Å². The molecule has 0 saturated carbocycles. The first kappa shape index (κ1) is 7.71. The van der Waals surface area contributed by atoms with Crippen LogP contribution in [0.4, 0.5) is 22.0 Å². The molecule has 0 aromatic rings. The molecule has 2 atom stereocenters. The Morgan fingerprint density at radius 3 is 2.00 bits per heavy atom. The Morgan fingerprint density at radius 2 is 1.90 bits per heavy atom. The average Bonchev–Trinajstić information content (AvgIpc) is 2.41. The summed E-state index contributed by atoms with van der Waals surface area (Å²) in [6.45, 7) is -1.45. The Bertz CT molecular complexity index is 143. The normalized spacial score (nSPS) is 39.9. The molecule has 60 valence electrons. The van der Waals surface area contributed by atoms with Crippen molar-refractivity contribution in [1.82, 2.24) is 0 Å². The molecule has 1 rings (SSSR count). The van der Waals surface area contributed by atoms with E-state index in [2.05, 4.69) is 4.74 Å². The second-order valence-corrected chi connectivity index (χ2v) is 1.90. The van der Waals surface area contributed by atoms with Gasteiger partial charge in [0.2, 0.25) is 0 Å². The van der Waals surface area contributed by atoms with Crippen LogP contribution in [0.1, 0.15) is 0 Å². The number of alkyl halides is 5. The standard InChI is InChI=1S/C4H3F5O/c5-1-2-3(6,10-2)4(7,8)9/h2H,1H2. The Balaban J connectivity index is 2.59. The predicted octanol–water partition coefficient (Wildman–Crippen LogP) is 1.58. The smallest absolute Gasteiger partial charge is 0.324 e. The second kappa shape index (κ2) is 1.81. The number of hydrogen-bond acceptors (Lipinski definition) is 1. The highest BCUT2D eigenvalue weighted by molar-refractivity contribution is 4.99. The molecular weight excluding hydrogens is 159 g/mol. The molecular formula is C4H3F5O. The molecule has 1 saturated heterocycles. The van der Waals surface area contributed by atoms with Gasteiger partial charge in [0.05, 0.1) is 0 Å². The van der Waals surface area contributed by atoms with Crippen LogP contribution >= 0.6 is 0 Å². The molecule has 1 aliphatic rings. The van der Waals surface area contributed by atoms with Gasteiger partial charge in [-0.3, -0.25) is 0 Å². The zero-order valence-electron chi connectivity index (χ0n) is 4.58. The quantitative estimate of drug-likeness (QED) is 0.421. The first-order chi connectivity index (χ1) is 4.42. The lowest BCUT2D eigenvalue weighted by molar-refractivity contribution is -0.225. The van der Waals surface area contributed by atoms with Crippen molar-refractivity contribution in [2.45, 2.75) is 18.1 Å². The van der Waals surface area contributed by atoms with Crippen molar-refractivity contribution in [2.24, 2.45) is 0 Å². The molecule has 0 spiro atoms. The molecule has 0 amide bonds. The maximum Gasteiger partial charge on any atom is 0.451 e. The summed E-state index contributed by atoms with van der Waals surface area (Å²) in [5.74, 6) is -3.72. The monoisotopic (exact) mass is 162 g/mol. The number of hydrogen-bond donors (Lipinski definition) is 0. The van der Waals surface area contributed by atoms with Crippen LogP contribution in [-0.4, -0.2) is 24.8 Å². The largest absolute Gasteiger partial charge is 0.451 e. The van der Waals surface area contributed by atoms with E-state index in [0.29, 0.717) is 0 Å². The van der Waals surface area contributed by atoms with Crippen LogP contribution in [0.3, 0.4) is 0 Å². The Labute approximate surface area is 52.8 Å². The van der Waals surface area contributed by atoms with E-state index in [1.807, 2.05) is 0 Å². The van der Waals surface area contributed by atoms with Crippen LogP contribution in [0.5, 0.6) is 0 Å². The molecule has 2 unspecified atom stereocenters. The van der Waals surface area contributed by atoms with E-state index >= 15 is 0 Å². The van der Waals surface area contributed by atoms with Crippen LogP contribution in [-0.2, 0) is 4.74 Å². The number of epoxide rings is 1. The van der Waals surface area contributed by atoms with Crippen LogP contribution in [0, 0.1) is 0 Å². The minimum absolute atomic E-state index is 1.45. The van der Waals surface area contributed by atoms with E-state index in [-0.39, 0.29) is 0 Å². The van der Waals surface area contributed by atoms with Gasteiger partial charge in [-0.05, 0) is 0 Å². The van der Waals surface area contributed by atoms with E-state index in [9.17, 15) is 22.0 Å². The van der Waals surface area contributed by atoms with E-state index in [1.54, 1.807) is 0 Å². The third kappa shape index (κ3) is 0.865. The van der Waals surface area contributed by atoms with E-state index in [0.717, 1.165) is 0 Å². The van der Waals surface area contributed by atoms with Gasteiger partial charge in [0.25, 0.3) is 0 Å². The molecule has 10 heavy (non-hydrogen) atoms. The lowest BCUT2D eigenvalue weighted by Gasteiger charge is -2.05. The molecule has 0 N–H and O–H groups in total. The van der Waals surface area contributed by atoms with E-state index in [4.69, 9.17) is 0 Å². The molecule has 0 bridgehead atoms. The summed E-state index contributed by atoms with van der Waals surface area (Å²) in [6, 6.07) is 0. The summed E-state index contributed by atoms with van der Waals surface area (Å²) in [5.41, 5.74) is 0. The molecule has 1 fully saturated rings. The second-order valence-electron chi connectivity index (χ2n) is 1.90.